The molecule has 4 unspecified atom stereocenters. The molecule has 192 valence electrons. The molecule has 2 rings (SSSR count). The minimum absolute atomic E-state index is 0. The maximum absolute atomic E-state index is 11.2. The smallest absolute Gasteiger partial charge is 0.809 e. The van der Waals surface area contributed by atoms with Gasteiger partial charge >= 0.3 is 58.4 Å². The second-order valence-electron chi connectivity index (χ2n) is 5.90. The molecule has 2 N–H and O–H groups in total. The Kier molecular flexibility index (Phi) is 19.7. The molecule has 0 fully saturated rings. The van der Waals surface area contributed by atoms with E-state index in [2.05, 4.69) is 9.05 Å². The molecule has 0 aromatic heterocycles. The van der Waals surface area contributed by atoms with Crippen LogP contribution < -0.4 is 38.4 Å². The first-order valence-corrected chi connectivity index (χ1v) is 15.4. The normalized spacial score (nSPS) is 15.8. The molecule has 14 nitrogen and oxygen atoms in total. The van der Waals surface area contributed by atoms with Crippen molar-refractivity contribution in [2.75, 3.05) is 0 Å². The zero-order chi connectivity index (χ0) is 26.5. The summed E-state index contributed by atoms with van der Waals surface area (Å²) in [5.41, 5.74) is -6.29. The first-order valence-electron chi connectivity index (χ1n) is 8.18. The van der Waals surface area contributed by atoms with E-state index in [1.165, 1.54) is 36.4 Å². The van der Waals surface area contributed by atoms with Gasteiger partial charge in [0, 0.05) is 0 Å². The van der Waals surface area contributed by atoms with Gasteiger partial charge in [0.15, 0.2) is 11.2 Å². The molecule has 0 bridgehead atoms. The summed E-state index contributed by atoms with van der Waals surface area (Å²) < 4.78 is 51.8. The summed E-state index contributed by atoms with van der Waals surface area (Å²) in [5, 5.41) is 17.4. The third-order valence-corrected chi connectivity index (χ3v) is 10.4. The topological polar surface area (TPSA) is 266 Å². The Morgan fingerprint density at radius 1 is 0.595 bits per heavy atom. The Morgan fingerprint density at radius 2 is 0.838 bits per heavy atom. The first kappa shape index (κ1) is 42.6. The van der Waals surface area contributed by atoms with Crippen molar-refractivity contribution in [3.05, 3.63) is 58.6 Å². The van der Waals surface area contributed by atoms with Gasteiger partial charge in [-0.3, -0.25) is 9.13 Å². The number of rotatable bonds is 8. The summed E-state index contributed by atoms with van der Waals surface area (Å²) in [7, 11) is -22.1. The maximum Gasteiger partial charge on any atom is 2.00 e. The first-order chi connectivity index (χ1) is 15.3. The maximum atomic E-state index is 11.2. The van der Waals surface area contributed by atoms with Crippen LogP contribution in [0.15, 0.2) is 48.5 Å². The van der Waals surface area contributed by atoms with Gasteiger partial charge in [-0.15, -0.1) is 0 Å². The van der Waals surface area contributed by atoms with E-state index in [1.807, 2.05) is 0 Å². The van der Waals surface area contributed by atoms with Gasteiger partial charge in [-0.05, 0) is 39.5 Å². The molecule has 0 aliphatic carbocycles. The van der Waals surface area contributed by atoms with Crippen LogP contribution in [0.5, 0.6) is 11.5 Å². The van der Waals surface area contributed by atoms with E-state index in [9.17, 15) is 47.6 Å². The standard InChI is InChI=1S/2C7H9ClO7P2.3Zn/c2*8-5-3-1-2-4-6(5)15-17(13,14)7(9)16(10,11)12;;;/h2*1-4,7,9H,(H,13,14)(H2,10,11,12);;;/q;;3*+2/p-6. The van der Waals surface area contributed by atoms with Crippen molar-refractivity contribution < 1.29 is 125 Å². The third-order valence-electron chi connectivity index (χ3n) is 3.26. The van der Waals surface area contributed by atoms with Gasteiger partial charge in [0.2, 0.25) is 15.2 Å². The minimum Gasteiger partial charge on any atom is -0.809 e. The number of halogens is 2. The van der Waals surface area contributed by atoms with E-state index in [4.69, 9.17) is 33.4 Å². The monoisotopic (exact) mass is 790 g/mol. The molecule has 0 aliphatic heterocycles. The Balaban J connectivity index is -0.000000578. The van der Waals surface area contributed by atoms with Crippen molar-refractivity contribution in [3.63, 3.8) is 0 Å². The van der Waals surface area contributed by atoms with Crippen molar-refractivity contribution in [2.24, 2.45) is 0 Å². The fraction of sp³-hybridized carbons (Fsp3) is 0.143. The fourth-order valence-corrected chi connectivity index (χ4v) is 6.32. The van der Waals surface area contributed by atoms with Crippen LogP contribution in [0.1, 0.15) is 0 Å². The number of hydrogen-bond donors (Lipinski definition) is 2. The number of benzene rings is 2. The van der Waals surface area contributed by atoms with Crippen LogP contribution in [0, 0.1) is 0 Å². The number of hydrogen-bond acceptors (Lipinski definition) is 14. The average Bonchev–Trinajstić information content (AvgIpc) is 2.69. The molecule has 0 radical (unpaired) electrons. The quantitative estimate of drug-likeness (QED) is 0.238. The second-order valence-corrected chi connectivity index (χ2v) is 14.2. The largest absolute Gasteiger partial charge is 2.00 e. The van der Waals surface area contributed by atoms with Gasteiger partial charge in [-0.2, -0.15) is 0 Å². The number of aliphatic hydroxyl groups excluding tert-OH is 2. The summed E-state index contributed by atoms with van der Waals surface area (Å²) in [6.45, 7) is 0. The summed E-state index contributed by atoms with van der Waals surface area (Å²) in [6.07, 6.45) is 0. The van der Waals surface area contributed by atoms with E-state index in [-0.39, 0.29) is 80.0 Å². The SMILES string of the molecule is O=P([O-])([O-])C(O)P(=O)([O-])Oc1ccccc1Cl.O=P([O-])([O-])C(O)P(=O)([O-])Oc1ccccc1Cl.[Zn+2].[Zn+2].[Zn+2]. The number of aliphatic hydroxyl groups is 2. The van der Waals surface area contributed by atoms with Gasteiger partial charge in [0.1, 0.15) is 11.5 Å². The summed E-state index contributed by atoms with van der Waals surface area (Å²) in [5.74, 6) is -0.750. The van der Waals surface area contributed by atoms with Crippen LogP contribution in [0.4, 0.5) is 0 Å². The molecular formula is C14H12Cl2O14P4Zn3. The molecule has 23 heteroatoms. The molecule has 37 heavy (non-hydrogen) atoms. The van der Waals surface area contributed by atoms with Crippen LogP contribution in [0.2, 0.25) is 10.0 Å². The van der Waals surface area contributed by atoms with E-state index < -0.39 is 41.6 Å². The van der Waals surface area contributed by atoms with Crippen molar-refractivity contribution in [1.29, 1.82) is 0 Å². The molecule has 0 spiro atoms. The van der Waals surface area contributed by atoms with Crippen LogP contribution in [0.3, 0.4) is 0 Å². The Morgan fingerprint density at radius 3 is 1.05 bits per heavy atom. The molecular weight excluding hydrogens is 783 g/mol. The number of para-hydroxylation sites is 2. The van der Waals surface area contributed by atoms with E-state index in [0.717, 1.165) is 12.1 Å². The third kappa shape index (κ3) is 14.0. The molecule has 0 heterocycles. The fourth-order valence-electron chi connectivity index (χ4n) is 1.75. The van der Waals surface area contributed by atoms with Gasteiger partial charge < -0.3 is 57.8 Å². The van der Waals surface area contributed by atoms with Gasteiger partial charge in [-0.25, -0.2) is 0 Å². The predicted molar refractivity (Wildman–Crippen MR) is 107 cm³/mol. The Labute approximate surface area is 258 Å². The molecule has 0 saturated heterocycles. The zero-order valence-electron chi connectivity index (χ0n) is 18.2. The second kappa shape index (κ2) is 17.1. The summed E-state index contributed by atoms with van der Waals surface area (Å²) in [4.78, 5) is 64.0. The van der Waals surface area contributed by atoms with Crippen molar-refractivity contribution in [2.45, 2.75) is 11.2 Å². The van der Waals surface area contributed by atoms with Crippen LogP contribution >= 0.6 is 53.6 Å². The van der Waals surface area contributed by atoms with E-state index in [1.54, 1.807) is 0 Å². The predicted octanol–water partition coefficient (Wildman–Crippen LogP) is -1.08. The summed E-state index contributed by atoms with van der Waals surface area (Å²) in [6, 6.07) is 10.6. The molecule has 2 aromatic carbocycles. The van der Waals surface area contributed by atoms with Crippen LogP contribution in [0.25, 0.3) is 0 Å². The summed E-state index contributed by atoms with van der Waals surface area (Å²) >= 11 is 11.1. The molecule has 0 saturated carbocycles. The molecule has 4 atom stereocenters. The molecule has 0 aliphatic rings. The molecule has 2 aromatic rings. The van der Waals surface area contributed by atoms with Gasteiger partial charge in [0.25, 0.3) is 0 Å². The molecule has 0 amide bonds. The zero-order valence-corrected chi connectivity index (χ0v) is 32.2. The van der Waals surface area contributed by atoms with Crippen LogP contribution in [-0.4, -0.2) is 21.4 Å². The van der Waals surface area contributed by atoms with E-state index >= 15 is 0 Å². The van der Waals surface area contributed by atoms with Crippen molar-refractivity contribution >= 4 is 53.6 Å². The Hall–Kier alpha value is 1.09. The minimum atomic E-state index is -5.72. The van der Waals surface area contributed by atoms with Crippen molar-refractivity contribution in [1.82, 2.24) is 0 Å². The Bertz CT molecular complexity index is 1100. The van der Waals surface area contributed by atoms with E-state index in [0.29, 0.717) is 0 Å². The average molecular weight is 795 g/mol. The van der Waals surface area contributed by atoms with Gasteiger partial charge in [-0.1, -0.05) is 47.5 Å². The van der Waals surface area contributed by atoms with Gasteiger partial charge in [0.05, 0.1) is 10.0 Å². The van der Waals surface area contributed by atoms with Crippen molar-refractivity contribution in [3.8, 4) is 11.5 Å². The van der Waals surface area contributed by atoms with Crippen LogP contribution in [-0.2, 0) is 76.7 Å².